The van der Waals surface area contributed by atoms with Gasteiger partial charge in [-0.05, 0) is 43.3 Å². The van der Waals surface area contributed by atoms with E-state index in [9.17, 15) is 32.3 Å². The molecule has 33 heavy (non-hydrogen) atoms. The third-order valence-electron chi connectivity index (χ3n) is 5.58. The van der Waals surface area contributed by atoms with E-state index in [0.29, 0.717) is 12.1 Å². The van der Waals surface area contributed by atoms with Gasteiger partial charge in [0.2, 0.25) is 17.4 Å². The lowest BCUT2D eigenvalue weighted by Crippen LogP contribution is -2.63. The largest absolute Gasteiger partial charge is 0.425 e. The number of aryl methyl sites for hydroxylation is 1. The number of hydrogen-bond donors (Lipinski definition) is 3. The Balaban J connectivity index is 1.88. The highest BCUT2D eigenvalue weighted by Gasteiger charge is 2.68. The van der Waals surface area contributed by atoms with E-state index >= 15 is 0 Å². The molecule has 4 rings (SSSR count). The Labute approximate surface area is 189 Å². The van der Waals surface area contributed by atoms with Crippen molar-refractivity contribution < 1.29 is 27.6 Å². The van der Waals surface area contributed by atoms with Crippen LogP contribution in [0.1, 0.15) is 24.0 Å². The molecular weight excluding hydrogens is 463 g/mol. The van der Waals surface area contributed by atoms with Crippen LogP contribution in [-0.2, 0) is 19.9 Å². The molecule has 3 amide bonds. The molecule has 2 aliphatic heterocycles. The molecule has 0 saturated carbocycles. The van der Waals surface area contributed by atoms with Crippen LogP contribution in [-0.4, -0.2) is 51.4 Å². The summed E-state index contributed by atoms with van der Waals surface area (Å²) in [6.07, 6.45) is -4.73. The van der Waals surface area contributed by atoms with E-state index < -0.39 is 47.0 Å². The Hall–Kier alpha value is -3.48. The van der Waals surface area contributed by atoms with Crippen LogP contribution in [0.5, 0.6) is 0 Å². The maximum Gasteiger partial charge on any atom is 0.425 e. The number of aromatic amines is 1. The number of benzene rings is 1. The SMILES string of the molecule is Cc1cccc(-n2c3c(c(=O)[nH]c2=S)[C@@](NC(=O)CN2CCCC2=O)(C(F)(F)F)C(=O)N3)c1. The first-order chi connectivity index (χ1) is 15.5. The zero-order valence-electron chi connectivity index (χ0n) is 17.2. The number of likely N-dealkylation sites (tertiary alicyclic amines) is 1. The summed E-state index contributed by atoms with van der Waals surface area (Å²) in [4.78, 5) is 53.2. The predicted molar refractivity (Wildman–Crippen MR) is 112 cm³/mol. The summed E-state index contributed by atoms with van der Waals surface area (Å²) in [7, 11) is 0. The fraction of sp³-hybridized carbons (Fsp3) is 0.350. The summed E-state index contributed by atoms with van der Waals surface area (Å²) >= 11 is 5.15. The van der Waals surface area contributed by atoms with Crippen LogP contribution in [0.2, 0.25) is 0 Å². The third-order valence-corrected chi connectivity index (χ3v) is 5.86. The van der Waals surface area contributed by atoms with E-state index in [1.165, 1.54) is 0 Å². The summed E-state index contributed by atoms with van der Waals surface area (Å²) in [6, 6.07) is 6.52. The molecular formula is C20H18F3N5O4S. The van der Waals surface area contributed by atoms with Crippen LogP contribution < -0.4 is 16.2 Å². The Morgan fingerprint density at radius 3 is 2.61 bits per heavy atom. The number of aromatic nitrogens is 2. The van der Waals surface area contributed by atoms with Gasteiger partial charge in [0.1, 0.15) is 11.4 Å². The van der Waals surface area contributed by atoms with Gasteiger partial charge in [0.05, 0.1) is 12.2 Å². The van der Waals surface area contributed by atoms with E-state index in [2.05, 4.69) is 10.3 Å². The van der Waals surface area contributed by atoms with Gasteiger partial charge in [0.25, 0.3) is 11.5 Å². The summed E-state index contributed by atoms with van der Waals surface area (Å²) in [5.41, 5.74) is -4.91. The number of nitrogens with zero attached hydrogens (tertiary/aromatic N) is 2. The summed E-state index contributed by atoms with van der Waals surface area (Å²) in [5.74, 6) is -3.75. The van der Waals surface area contributed by atoms with Gasteiger partial charge in [-0.1, -0.05) is 12.1 Å². The number of H-pyrrole nitrogens is 1. The minimum Gasteiger partial charge on any atom is -0.333 e. The van der Waals surface area contributed by atoms with Gasteiger partial charge >= 0.3 is 6.18 Å². The highest BCUT2D eigenvalue weighted by atomic mass is 32.1. The molecule has 9 nitrogen and oxygen atoms in total. The molecule has 1 aromatic heterocycles. The van der Waals surface area contributed by atoms with Crippen molar-refractivity contribution in [2.24, 2.45) is 0 Å². The number of fused-ring (bicyclic) bond motifs is 1. The zero-order chi connectivity index (χ0) is 24.1. The minimum atomic E-state index is -5.38. The van der Waals surface area contributed by atoms with Gasteiger partial charge in [0, 0.05) is 13.0 Å². The van der Waals surface area contributed by atoms with Crippen molar-refractivity contribution in [3.63, 3.8) is 0 Å². The molecule has 0 unspecified atom stereocenters. The van der Waals surface area contributed by atoms with Gasteiger partial charge in [-0.15, -0.1) is 0 Å². The topological polar surface area (TPSA) is 116 Å². The first kappa shape index (κ1) is 22.7. The molecule has 174 valence electrons. The first-order valence-corrected chi connectivity index (χ1v) is 10.3. The predicted octanol–water partition coefficient (Wildman–Crippen LogP) is 1.65. The summed E-state index contributed by atoms with van der Waals surface area (Å²) in [5, 5.41) is 3.79. The van der Waals surface area contributed by atoms with Gasteiger partial charge in [-0.2, -0.15) is 13.2 Å². The van der Waals surface area contributed by atoms with Gasteiger partial charge in [0.15, 0.2) is 4.77 Å². The number of carbonyl (C=O) groups excluding carboxylic acids is 3. The standard InChI is InChI=1S/C20H18F3N5O4S/c1-10-4-2-5-11(8-10)28-15-14(16(31)25-18(28)33)19(17(32)24-15,20(21,22)23)26-12(29)9-27-7-3-6-13(27)30/h2,4-5,8H,3,6-7,9H2,1H3,(H,24,32)(H,26,29)(H,25,31,33)/t19-/m0/s1. The molecule has 2 aliphatic rings. The molecule has 0 bridgehead atoms. The van der Waals surface area contributed by atoms with Crippen molar-refractivity contribution in [3.8, 4) is 5.69 Å². The molecule has 3 N–H and O–H groups in total. The van der Waals surface area contributed by atoms with Crippen LogP contribution >= 0.6 is 12.2 Å². The molecule has 2 aromatic rings. The van der Waals surface area contributed by atoms with Crippen molar-refractivity contribution in [1.82, 2.24) is 19.8 Å². The zero-order valence-corrected chi connectivity index (χ0v) is 18.0. The Bertz CT molecular complexity index is 1300. The lowest BCUT2D eigenvalue weighted by molar-refractivity contribution is -0.200. The lowest BCUT2D eigenvalue weighted by Gasteiger charge is -2.30. The Morgan fingerprint density at radius 1 is 1.27 bits per heavy atom. The molecule has 0 radical (unpaired) electrons. The van der Waals surface area contributed by atoms with E-state index in [0.717, 1.165) is 15.0 Å². The fourth-order valence-corrected chi connectivity index (χ4v) is 4.37. The molecule has 1 saturated heterocycles. The number of nitrogens with one attached hydrogen (secondary N) is 3. The highest BCUT2D eigenvalue weighted by molar-refractivity contribution is 7.71. The smallest absolute Gasteiger partial charge is 0.333 e. The first-order valence-electron chi connectivity index (χ1n) is 9.89. The monoisotopic (exact) mass is 481 g/mol. The van der Waals surface area contributed by atoms with E-state index in [-0.39, 0.29) is 23.6 Å². The second kappa shape index (κ2) is 7.83. The molecule has 1 aromatic carbocycles. The van der Waals surface area contributed by atoms with Crippen molar-refractivity contribution in [2.45, 2.75) is 31.5 Å². The van der Waals surface area contributed by atoms with Crippen LogP contribution in [0.4, 0.5) is 19.0 Å². The average Bonchev–Trinajstić information content (AvgIpc) is 3.23. The molecule has 3 heterocycles. The molecule has 1 atom stereocenters. The van der Waals surface area contributed by atoms with Crippen LogP contribution in [0.3, 0.4) is 0 Å². The van der Waals surface area contributed by atoms with Crippen molar-refractivity contribution >= 4 is 35.8 Å². The second-order valence-electron chi connectivity index (χ2n) is 7.83. The van der Waals surface area contributed by atoms with Gasteiger partial charge < -0.3 is 15.5 Å². The van der Waals surface area contributed by atoms with Gasteiger partial charge in [-0.25, -0.2) is 0 Å². The average molecular weight is 481 g/mol. The molecule has 0 aliphatic carbocycles. The number of amides is 3. The summed E-state index contributed by atoms with van der Waals surface area (Å²) in [6.45, 7) is 1.28. The molecule has 0 spiro atoms. The highest BCUT2D eigenvalue weighted by Crippen LogP contribution is 2.45. The Kier molecular flexibility index (Phi) is 5.39. The number of carbonyl (C=O) groups is 3. The van der Waals surface area contributed by atoms with Crippen LogP contribution in [0, 0.1) is 11.7 Å². The van der Waals surface area contributed by atoms with Crippen LogP contribution in [0.25, 0.3) is 5.69 Å². The maximum atomic E-state index is 14.4. The second-order valence-corrected chi connectivity index (χ2v) is 8.21. The van der Waals surface area contributed by atoms with Gasteiger partial charge in [-0.3, -0.25) is 28.7 Å². The van der Waals surface area contributed by atoms with Crippen molar-refractivity contribution in [1.29, 1.82) is 0 Å². The minimum absolute atomic E-state index is 0.179. The summed E-state index contributed by atoms with van der Waals surface area (Å²) < 4.78 is 44.1. The van der Waals surface area contributed by atoms with Crippen molar-refractivity contribution in [2.75, 3.05) is 18.4 Å². The Morgan fingerprint density at radius 2 is 2.00 bits per heavy atom. The number of alkyl halides is 3. The quantitative estimate of drug-likeness (QED) is 0.575. The fourth-order valence-electron chi connectivity index (χ4n) is 4.08. The number of rotatable bonds is 4. The molecule has 13 heteroatoms. The number of anilines is 1. The third kappa shape index (κ3) is 3.61. The van der Waals surface area contributed by atoms with Crippen molar-refractivity contribution in [3.05, 3.63) is 50.5 Å². The number of halogens is 3. The van der Waals surface area contributed by atoms with E-state index in [4.69, 9.17) is 12.2 Å². The maximum absolute atomic E-state index is 14.4. The van der Waals surface area contributed by atoms with Crippen LogP contribution in [0.15, 0.2) is 29.1 Å². The van der Waals surface area contributed by atoms with E-state index in [1.54, 1.807) is 36.5 Å². The van der Waals surface area contributed by atoms with E-state index in [1.807, 2.05) is 0 Å². The number of hydrogen-bond acceptors (Lipinski definition) is 5. The molecule has 1 fully saturated rings. The lowest BCUT2D eigenvalue weighted by atomic mass is 9.92. The normalized spacial score (nSPS) is 20.1.